The van der Waals surface area contributed by atoms with Crippen LogP contribution < -0.4 is 4.74 Å². The van der Waals surface area contributed by atoms with Crippen molar-refractivity contribution >= 4 is 5.97 Å². The number of carbonyl (C=O) groups is 1. The molecule has 1 aliphatic rings. The summed E-state index contributed by atoms with van der Waals surface area (Å²) in [5.41, 5.74) is 2.98. The minimum Gasteiger partial charge on any atom is -0.496 e. The summed E-state index contributed by atoms with van der Waals surface area (Å²) in [6.45, 7) is 2.72. The van der Waals surface area contributed by atoms with Crippen molar-refractivity contribution in [2.75, 3.05) is 7.11 Å². The maximum absolute atomic E-state index is 11.1. The number of aliphatic carboxylic acids is 1. The molecule has 0 saturated carbocycles. The zero-order valence-electron chi connectivity index (χ0n) is 12.2. The monoisotopic (exact) mass is 286 g/mol. The molecule has 2 heterocycles. The molecule has 5 nitrogen and oxygen atoms in total. The predicted octanol–water partition coefficient (Wildman–Crippen LogP) is 2.51. The summed E-state index contributed by atoms with van der Waals surface area (Å²) in [7, 11) is 1.66. The van der Waals surface area contributed by atoms with Gasteiger partial charge in [0.2, 0.25) is 0 Å². The van der Waals surface area contributed by atoms with Crippen LogP contribution in [0.5, 0.6) is 5.75 Å². The minimum absolute atomic E-state index is 0.314. The molecule has 0 saturated heterocycles. The Hall–Kier alpha value is -2.30. The third-order valence-electron chi connectivity index (χ3n) is 4.05. The largest absolute Gasteiger partial charge is 0.496 e. The molecule has 1 atom stereocenters. The Morgan fingerprint density at radius 2 is 2.29 bits per heavy atom. The lowest BCUT2D eigenvalue weighted by molar-refractivity contribution is -0.142. The van der Waals surface area contributed by atoms with Crippen molar-refractivity contribution in [2.45, 2.75) is 26.3 Å². The van der Waals surface area contributed by atoms with E-state index >= 15 is 0 Å². The zero-order chi connectivity index (χ0) is 15.0. The zero-order valence-corrected chi connectivity index (χ0v) is 12.2. The molecular formula is C16H18N2O3. The van der Waals surface area contributed by atoms with Crippen molar-refractivity contribution in [1.29, 1.82) is 0 Å². The third kappa shape index (κ3) is 2.51. The molecule has 0 amide bonds. The number of imidazole rings is 1. The first kappa shape index (κ1) is 13.7. The van der Waals surface area contributed by atoms with Crippen LogP contribution in [-0.4, -0.2) is 27.7 Å². The molecule has 0 fully saturated rings. The van der Waals surface area contributed by atoms with Crippen LogP contribution in [0.2, 0.25) is 0 Å². The van der Waals surface area contributed by atoms with Crippen LogP contribution in [-0.2, 0) is 17.8 Å². The molecule has 1 unspecified atom stereocenters. The average Bonchev–Trinajstić information content (AvgIpc) is 2.89. The maximum atomic E-state index is 11.1. The first-order valence-corrected chi connectivity index (χ1v) is 7.02. The number of carboxylic acid groups (broad SMARTS) is 1. The molecular weight excluding hydrogens is 268 g/mol. The van der Waals surface area contributed by atoms with Crippen LogP contribution in [0.3, 0.4) is 0 Å². The Labute approximate surface area is 123 Å². The first-order valence-electron chi connectivity index (χ1n) is 7.02. The third-order valence-corrected chi connectivity index (χ3v) is 4.05. The van der Waals surface area contributed by atoms with Crippen molar-refractivity contribution < 1.29 is 14.6 Å². The fourth-order valence-electron chi connectivity index (χ4n) is 2.82. The number of benzene rings is 1. The van der Waals surface area contributed by atoms with Gasteiger partial charge in [-0.25, -0.2) is 4.98 Å². The fraction of sp³-hybridized carbons (Fsp3) is 0.375. The molecule has 1 aromatic heterocycles. The van der Waals surface area contributed by atoms with Crippen LogP contribution in [0, 0.1) is 12.8 Å². The van der Waals surface area contributed by atoms with Gasteiger partial charge in [-0.15, -0.1) is 0 Å². The van der Waals surface area contributed by atoms with Crippen molar-refractivity contribution in [2.24, 2.45) is 5.92 Å². The van der Waals surface area contributed by atoms with Crippen LogP contribution in [0.1, 0.15) is 17.8 Å². The van der Waals surface area contributed by atoms with Crippen LogP contribution in [0.15, 0.2) is 24.4 Å². The van der Waals surface area contributed by atoms with Gasteiger partial charge in [0.05, 0.1) is 18.7 Å². The lowest BCUT2D eigenvalue weighted by Crippen LogP contribution is -2.25. The van der Waals surface area contributed by atoms with Gasteiger partial charge in [0.15, 0.2) is 0 Å². The standard InChI is InChI=1S/C16H18N2O3/c1-10-7-11(3-4-14(10)21-2)13-9-18-6-5-12(16(19)20)8-15(18)17-13/h3-4,7,9,12H,5-6,8H2,1-2H3,(H,19,20). The van der Waals surface area contributed by atoms with E-state index in [4.69, 9.17) is 9.84 Å². The number of carboxylic acids is 1. The van der Waals surface area contributed by atoms with E-state index in [9.17, 15) is 4.79 Å². The topological polar surface area (TPSA) is 64.4 Å². The van der Waals surface area contributed by atoms with Crippen LogP contribution in [0.4, 0.5) is 0 Å². The Balaban J connectivity index is 1.92. The number of fused-ring (bicyclic) bond motifs is 1. The molecule has 0 bridgehead atoms. The molecule has 0 aliphatic carbocycles. The molecule has 5 heteroatoms. The summed E-state index contributed by atoms with van der Waals surface area (Å²) in [4.78, 5) is 15.7. The number of ether oxygens (including phenoxy) is 1. The molecule has 21 heavy (non-hydrogen) atoms. The lowest BCUT2D eigenvalue weighted by Gasteiger charge is -2.19. The van der Waals surface area contributed by atoms with Gasteiger partial charge in [0.1, 0.15) is 11.6 Å². The van der Waals surface area contributed by atoms with Gasteiger partial charge in [-0.1, -0.05) is 0 Å². The minimum atomic E-state index is -0.730. The summed E-state index contributed by atoms with van der Waals surface area (Å²) < 4.78 is 7.33. The van der Waals surface area contributed by atoms with Crippen molar-refractivity contribution in [1.82, 2.24) is 9.55 Å². The Morgan fingerprint density at radius 1 is 1.48 bits per heavy atom. The van der Waals surface area contributed by atoms with E-state index in [1.54, 1.807) is 7.11 Å². The Kier molecular flexibility index (Phi) is 3.41. The van der Waals surface area contributed by atoms with Crippen molar-refractivity contribution in [3.05, 3.63) is 35.8 Å². The highest BCUT2D eigenvalue weighted by Gasteiger charge is 2.26. The summed E-state index contributed by atoms with van der Waals surface area (Å²) in [5.74, 6) is 0.669. The Morgan fingerprint density at radius 3 is 2.95 bits per heavy atom. The summed E-state index contributed by atoms with van der Waals surface area (Å²) in [6.07, 6.45) is 3.18. The molecule has 0 spiro atoms. The normalized spacial score (nSPS) is 17.3. The van der Waals surface area contributed by atoms with Crippen molar-refractivity contribution in [3.63, 3.8) is 0 Å². The van der Waals surface area contributed by atoms with E-state index in [0.717, 1.165) is 28.4 Å². The summed E-state index contributed by atoms with van der Waals surface area (Å²) >= 11 is 0. The molecule has 1 aromatic carbocycles. The molecule has 0 radical (unpaired) electrons. The highest BCUT2D eigenvalue weighted by molar-refractivity contribution is 5.70. The first-order chi connectivity index (χ1) is 10.1. The highest BCUT2D eigenvalue weighted by atomic mass is 16.5. The van der Waals surface area contributed by atoms with Gasteiger partial charge >= 0.3 is 5.97 Å². The van der Waals surface area contributed by atoms with E-state index in [0.29, 0.717) is 19.4 Å². The summed E-state index contributed by atoms with van der Waals surface area (Å²) in [5, 5.41) is 9.13. The van der Waals surface area contributed by atoms with E-state index < -0.39 is 5.97 Å². The number of nitrogens with zero attached hydrogens (tertiary/aromatic N) is 2. The van der Waals surface area contributed by atoms with E-state index in [1.165, 1.54) is 0 Å². The fourth-order valence-corrected chi connectivity index (χ4v) is 2.82. The van der Waals surface area contributed by atoms with E-state index in [-0.39, 0.29) is 5.92 Å². The van der Waals surface area contributed by atoms with Crippen LogP contribution in [0.25, 0.3) is 11.3 Å². The molecule has 3 rings (SSSR count). The highest BCUT2D eigenvalue weighted by Crippen LogP contribution is 2.28. The summed E-state index contributed by atoms with van der Waals surface area (Å²) in [6, 6.07) is 5.96. The number of hydrogen-bond donors (Lipinski definition) is 1. The number of aromatic nitrogens is 2. The second-order valence-corrected chi connectivity index (χ2v) is 5.45. The van der Waals surface area contributed by atoms with E-state index in [1.807, 2.05) is 31.3 Å². The maximum Gasteiger partial charge on any atom is 0.307 e. The number of rotatable bonds is 3. The predicted molar refractivity (Wildman–Crippen MR) is 78.4 cm³/mol. The van der Waals surface area contributed by atoms with E-state index in [2.05, 4.69) is 9.55 Å². The quantitative estimate of drug-likeness (QED) is 0.941. The van der Waals surface area contributed by atoms with Gasteiger partial charge < -0.3 is 14.4 Å². The van der Waals surface area contributed by atoms with Gasteiger partial charge in [-0.2, -0.15) is 0 Å². The molecule has 110 valence electrons. The average molecular weight is 286 g/mol. The van der Waals surface area contributed by atoms with Gasteiger partial charge in [-0.05, 0) is 37.1 Å². The number of aryl methyl sites for hydroxylation is 2. The number of hydrogen-bond acceptors (Lipinski definition) is 3. The number of methoxy groups -OCH3 is 1. The Bertz CT molecular complexity index is 691. The second kappa shape index (κ2) is 5.24. The molecule has 1 aliphatic heterocycles. The molecule has 2 aromatic rings. The smallest absolute Gasteiger partial charge is 0.307 e. The van der Waals surface area contributed by atoms with Crippen LogP contribution >= 0.6 is 0 Å². The van der Waals surface area contributed by atoms with Gasteiger partial charge in [0.25, 0.3) is 0 Å². The second-order valence-electron chi connectivity index (χ2n) is 5.45. The lowest BCUT2D eigenvalue weighted by atomic mass is 9.98. The SMILES string of the molecule is COc1ccc(-c2cn3c(n2)CC(C(=O)O)CC3)cc1C. The molecule has 1 N–H and O–H groups in total. The van der Waals surface area contributed by atoms with Gasteiger partial charge in [0, 0.05) is 24.7 Å². The van der Waals surface area contributed by atoms with Gasteiger partial charge in [-0.3, -0.25) is 4.79 Å². The van der Waals surface area contributed by atoms with Crippen molar-refractivity contribution in [3.8, 4) is 17.0 Å².